The third-order valence-corrected chi connectivity index (χ3v) is 6.41. The van der Waals surface area contributed by atoms with Crippen molar-refractivity contribution in [3.63, 3.8) is 0 Å². The third kappa shape index (κ3) is 4.32. The standard InChI is InChI=1S/C17H15ClN2O4S2/c1-24-13-8-7-12(18)16-15(13)20-17(25-16)19-14(21)10-26(22,23)9-11-5-3-2-4-6-11/h2-8H,9-10H2,1H3,(H,19,20,21). The number of carbonyl (C=O) groups excluding carboxylic acids is 1. The van der Waals surface area contributed by atoms with Crippen LogP contribution in [0.5, 0.6) is 5.75 Å². The highest BCUT2D eigenvalue weighted by Crippen LogP contribution is 2.37. The van der Waals surface area contributed by atoms with Crippen molar-refractivity contribution >= 4 is 54.0 Å². The summed E-state index contributed by atoms with van der Waals surface area (Å²) in [5.74, 6) is -0.934. The second kappa shape index (κ2) is 7.61. The number of anilines is 1. The Labute approximate surface area is 159 Å². The average Bonchev–Trinajstić information content (AvgIpc) is 2.99. The van der Waals surface area contributed by atoms with Crippen LogP contribution in [-0.4, -0.2) is 32.2 Å². The molecule has 0 fully saturated rings. The molecule has 0 aliphatic carbocycles. The van der Waals surface area contributed by atoms with Gasteiger partial charge in [-0.25, -0.2) is 13.4 Å². The molecule has 0 aliphatic heterocycles. The van der Waals surface area contributed by atoms with Gasteiger partial charge in [0.05, 0.1) is 22.6 Å². The van der Waals surface area contributed by atoms with E-state index in [2.05, 4.69) is 10.3 Å². The second-order valence-corrected chi connectivity index (χ2v) is 8.98. The Hall–Kier alpha value is -2.16. The van der Waals surface area contributed by atoms with Crippen molar-refractivity contribution < 1.29 is 17.9 Å². The number of fused-ring (bicyclic) bond motifs is 1. The number of sulfone groups is 1. The normalized spacial score (nSPS) is 11.5. The van der Waals surface area contributed by atoms with Crippen molar-refractivity contribution in [3.8, 4) is 5.75 Å². The first kappa shape index (κ1) is 18.6. The molecule has 3 aromatic rings. The van der Waals surface area contributed by atoms with Gasteiger partial charge in [0.1, 0.15) is 17.0 Å². The van der Waals surface area contributed by atoms with E-state index in [1.165, 1.54) is 7.11 Å². The second-order valence-electron chi connectivity index (χ2n) is 5.51. The predicted octanol–water partition coefficient (Wildman–Crippen LogP) is 3.51. The zero-order chi connectivity index (χ0) is 18.7. The first-order valence-corrected chi connectivity index (χ1v) is 10.6. The van der Waals surface area contributed by atoms with Crippen molar-refractivity contribution in [2.45, 2.75) is 5.75 Å². The summed E-state index contributed by atoms with van der Waals surface area (Å²) in [6.07, 6.45) is 0. The molecule has 1 N–H and O–H groups in total. The number of amides is 1. The van der Waals surface area contributed by atoms with Crippen molar-refractivity contribution in [1.82, 2.24) is 4.98 Å². The minimum absolute atomic E-state index is 0.194. The van der Waals surface area contributed by atoms with E-state index in [-0.39, 0.29) is 10.9 Å². The maximum Gasteiger partial charge on any atom is 0.241 e. The van der Waals surface area contributed by atoms with E-state index >= 15 is 0 Å². The van der Waals surface area contributed by atoms with E-state index in [1.54, 1.807) is 42.5 Å². The summed E-state index contributed by atoms with van der Waals surface area (Å²) < 4.78 is 30.3. The number of hydrogen-bond donors (Lipinski definition) is 1. The average molecular weight is 411 g/mol. The number of nitrogens with one attached hydrogen (secondary N) is 1. The van der Waals surface area contributed by atoms with Crippen LogP contribution in [0, 0.1) is 0 Å². The fourth-order valence-corrected chi connectivity index (χ4v) is 4.85. The van der Waals surface area contributed by atoms with Crippen molar-refractivity contribution in [2.24, 2.45) is 0 Å². The van der Waals surface area contributed by atoms with Gasteiger partial charge in [-0.2, -0.15) is 0 Å². The molecule has 1 amide bonds. The van der Waals surface area contributed by atoms with Crippen LogP contribution < -0.4 is 10.1 Å². The molecule has 1 heterocycles. The predicted molar refractivity (Wildman–Crippen MR) is 104 cm³/mol. The molecule has 6 nitrogen and oxygen atoms in total. The molecule has 0 aliphatic rings. The number of halogens is 1. The number of carbonyl (C=O) groups is 1. The van der Waals surface area contributed by atoms with Crippen LogP contribution >= 0.6 is 22.9 Å². The smallest absolute Gasteiger partial charge is 0.241 e. The molecule has 1 aromatic heterocycles. The van der Waals surface area contributed by atoms with Crippen molar-refractivity contribution in [2.75, 3.05) is 18.2 Å². The number of aromatic nitrogens is 1. The first-order valence-electron chi connectivity index (χ1n) is 7.55. The number of benzene rings is 2. The zero-order valence-electron chi connectivity index (χ0n) is 13.7. The van der Waals surface area contributed by atoms with Crippen LogP contribution in [0.25, 0.3) is 10.2 Å². The Bertz CT molecular complexity index is 1050. The Morgan fingerprint density at radius 2 is 1.96 bits per heavy atom. The summed E-state index contributed by atoms with van der Waals surface area (Å²) in [4.78, 5) is 16.4. The highest BCUT2D eigenvalue weighted by atomic mass is 35.5. The number of nitrogens with zero attached hydrogens (tertiary/aromatic N) is 1. The van der Waals surface area contributed by atoms with Gasteiger partial charge in [0.2, 0.25) is 5.91 Å². The highest BCUT2D eigenvalue weighted by Gasteiger charge is 2.19. The van der Waals surface area contributed by atoms with Crippen LogP contribution in [0.3, 0.4) is 0 Å². The van der Waals surface area contributed by atoms with Gasteiger partial charge in [-0.1, -0.05) is 53.3 Å². The van der Waals surface area contributed by atoms with Crippen LogP contribution in [0.1, 0.15) is 5.56 Å². The Morgan fingerprint density at radius 3 is 2.65 bits per heavy atom. The minimum atomic E-state index is -3.59. The highest BCUT2D eigenvalue weighted by molar-refractivity contribution is 7.91. The number of ether oxygens (including phenoxy) is 1. The molecule has 0 radical (unpaired) electrons. The van der Waals surface area contributed by atoms with E-state index < -0.39 is 21.5 Å². The van der Waals surface area contributed by atoms with Gasteiger partial charge in [0.25, 0.3) is 0 Å². The van der Waals surface area contributed by atoms with Gasteiger partial charge < -0.3 is 10.1 Å². The molecule has 0 saturated heterocycles. The molecule has 0 atom stereocenters. The SMILES string of the molecule is COc1ccc(Cl)c2sc(NC(=O)CS(=O)(=O)Cc3ccccc3)nc12. The van der Waals surface area contributed by atoms with Gasteiger partial charge in [0, 0.05) is 0 Å². The molecule has 9 heteroatoms. The van der Waals surface area contributed by atoms with Gasteiger partial charge in [0.15, 0.2) is 15.0 Å². The molecule has 0 bridgehead atoms. The van der Waals surface area contributed by atoms with Gasteiger partial charge in [-0.3, -0.25) is 4.79 Å². The van der Waals surface area contributed by atoms with Gasteiger partial charge in [-0.05, 0) is 17.7 Å². The van der Waals surface area contributed by atoms with Crippen molar-refractivity contribution in [1.29, 1.82) is 0 Å². The van der Waals surface area contributed by atoms with E-state index in [0.717, 1.165) is 11.3 Å². The molecule has 0 saturated carbocycles. The summed E-state index contributed by atoms with van der Waals surface area (Å²) in [5, 5.41) is 3.28. The maximum absolute atomic E-state index is 12.2. The molecule has 26 heavy (non-hydrogen) atoms. The van der Waals surface area contributed by atoms with E-state index in [1.807, 2.05) is 0 Å². The van der Waals surface area contributed by atoms with Crippen LogP contribution in [0.15, 0.2) is 42.5 Å². The minimum Gasteiger partial charge on any atom is -0.494 e. The van der Waals surface area contributed by atoms with Gasteiger partial charge in [-0.15, -0.1) is 0 Å². The van der Waals surface area contributed by atoms with Crippen LogP contribution in [0.4, 0.5) is 5.13 Å². The molecule has 136 valence electrons. The summed E-state index contributed by atoms with van der Waals surface area (Å²) >= 11 is 7.30. The van der Waals surface area contributed by atoms with Crippen LogP contribution in [0.2, 0.25) is 5.02 Å². The molecule has 2 aromatic carbocycles. The lowest BCUT2D eigenvalue weighted by atomic mass is 10.2. The van der Waals surface area contributed by atoms with Crippen LogP contribution in [-0.2, 0) is 20.4 Å². The lowest BCUT2D eigenvalue weighted by molar-refractivity contribution is -0.113. The molecular formula is C17H15ClN2O4S2. The topological polar surface area (TPSA) is 85.4 Å². The lowest BCUT2D eigenvalue weighted by Crippen LogP contribution is -2.23. The zero-order valence-corrected chi connectivity index (χ0v) is 16.1. The summed E-state index contributed by atoms with van der Waals surface area (Å²) in [7, 11) is -2.08. The first-order chi connectivity index (χ1) is 12.4. The fraction of sp³-hybridized carbons (Fsp3) is 0.176. The quantitative estimate of drug-likeness (QED) is 0.672. The Morgan fingerprint density at radius 1 is 1.23 bits per heavy atom. The Balaban J connectivity index is 1.74. The van der Waals surface area contributed by atoms with E-state index in [0.29, 0.717) is 26.6 Å². The Kier molecular flexibility index (Phi) is 5.45. The third-order valence-electron chi connectivity index (χ3n) is 3.51. The fourth-order valence-electron chi connectivity index (χ4n) is 2.40. The lowest BCUT2D eigenvalue weighted by Gasteiger charge is -2.04. The molecule has 0 unspecified atom stereocenters. The maximum atomic E-state index is 12.2. The monoisotopic (exact) mass is 410 g/mol. The molecule has 0 spiro atoms. The summed E-state index contributed by atoms with van der Waals surface area (Å²) in [5.41, 5.74) is 1.16. The van der Waals surface area contributed by atoms with Crippen molar-refractivity contribution in [3.05, 3.63) is 53.1 Å². The summed E-state index contributed by atoms with van der Waals surface area (Å²) in [6.45, 7) is 0. The number of methoxy groups -OCH3 is 1. The number of rotatable bonds is 6. The number of thiazole rings is 1. The largest absolute Gasteiger partial charge is 0.494 e. The summed E-state index contributed by atoms with van der Waals surface area (Å²) in [6, 6.07) is 12.1. The van der Waals surface area contributed by atoms with E-state index in [9.17, 15) is 13.2 Å². The van der Waals surface area contributed by atoms with E-state index in [4.69, 9.17) is 16.3 Å². The molecular weight excluding hydrogens is 396 g/mol. The molecule has 3 rings (SSSR count). The number of hydrogen-bond acceptors (Lipinski definition) is 6. The van der Waals surface area contributed by atoms with Gasteiger partial charge >= 0.3 is 0 Å².